The molecule has 0 spiro atoms. The lowest BCUT2D eigenvalue weighted by Gasteiger charge is -2.12. The Kier molecular flexibility index (Phi) is 4.28. The van der Waals surface area contributed by atoms with Gasteiger partial charge in [-0.25, -0.2) is 0 Å². The second kappa shape index (κ2) is 5.38. The van der Waals surface area contributed by atoms with Crippen LogP contribution in [0.2, 0.25) is 0 Å². The molecular formula is C13H18N2O4. The fraction of sp³-hybridized carbons (Fsp3) is 0.385. The summed E-state index contributed by atoms with van der Waals surface area (Å²) in [5, 5.41) is 2.66. The molecule has 1 fully saturated rings. The quantitative estimate of drug-likeness (QED) is 0.574. The number of hydrogen-bond donors (Lipinski definition) is 2. The van der Waals surface area contributed by atoms with Crippen LogP contribution >= 0.6 is 0 Å². The van der Waals surface area contributed by atoms with Crippen molar-refractivity contribution in [2.24, 2.45) is 5.73 Å². The van der Waals surface area contributed by atoms with Gasteiger partial charge >= 0.3 is 0 Å². The van der Waals surface area contributed by atoms with Gasteiger partial charge in [0.2, 0.25) is 0 Å². The number of hydrogen-bond acceptors (Lipinski definition) is 3. The van der Waals surface area contributed by atoms with Crippen LogP contribution in [-0.4, -0.2) is 28.9 Å². The summed E-state index contributed by atoms with van der Waals surface area (Å²) in [4.78, 5) is 23.6. The average molecular weight is 266 g/mol. The van der Waals surface area contributed by atoms with Crippen LogP contribution in [0.25, 0.3) is 0 Å². The third kappa shape index (κ3) is 2.59. The van der Waals surface area contributed by atoms with Crippen molar-refractivity contribution in [3.63, 3.8) is 0 Å². The van der Waals surface area contributed by atoms with Gasteiger partial charge in [-0.2, -0.15) is 0 Å². The molecule has 1 aromatic carbocycles. The van der Waals surface area contributed by atoms with Gasteiger partial charge in [-0.05, 0) is 19.4 Å². The molecule has 104 valence electrons. The predicted octanol–water partition coefficient (Wildman–Crippen LogP) is -0.318. The molecule has 6 heteroatoms. The van der Waals surface area contributed by atoms with Crippen LogP contribution in [0, 0.1) is 0 Å². The first kappa shape index (κ1) is 15.1. The molecule has 2 unspecified atom stereocenters. The van der Waals surface area contributed by atoms with Crippen LogP contribution in [-0.2, 0) is 14.3 Å². The Morgan fingerprint density at radius 3 is 2.37 bits per heavy atom. The van der Waals surface area contributed by atoms with E-state index in [1.54, 1.807) is 12.1 Å². The zero-order valence-electron chi connectivity index (χ0n) is 10.8. The smallest absolute Gasteiger partial charge is 0.265 e. The molecule has 2 atom stereocenters. The first-order chi connectivity index (χ1) is 8.48. The molecule has 0 radical (unpaired) electrons. The van der Waals surface area contributed by atoms with Crippen LogP contribution in [0.3, 0.4) is 0 Å². The second-order valence-corrected chi connectivity index (χ2v) is 4.64. The molecule has 0 bridgehead atoms. The Labute approximate surface area is 111 Å². The van der Waals surface area contributed by atoms with E-state index in [4.69, 9.17) is 10.5 Å². The zero-order chi connectivity index (χ0) is 13.3. The van der Waals surface area contributed by atoms with E-state index in [1.807, 2.05) is 32.0 Å². The van der Waals surface area contributed by atoms with Crippen LogP contribution in [0.1, 0.15) is 25.5 Å². The van der Waals surface area contributed by atoms with Crippen molar-refractivity contribution in [2.45, 2.75) is 31.6 Å². The summed E-state index contributed by atoms with van der Waals surface area (Å²) >= 11 is 0. The third-order valence-corrected chi connectivity index (χ3v) is 2.84. The average Bonchev–Trinajstić information content (AvgIpc) is 3.05. The lowest BCUT2D eigenvalue weighted by molar-refractivity contribution is -0.135. The van der Waals surface area contributed by atoms with E-state index in [-0.39, 0.29) is 11.5 Å². The summed E-state index contributed by atoms with van der Waals surface area (Å²) in [5.74, 6) is -1.23. The largest absolute Gasteiger partial charge is 0.412 e. The highest BCUT2D eigenvalue weighted by Crippen LogP contribution is 2.49. The van der Waals surface area contributed by atoms with Gasteiger partial charge in [0.1, 0.15) is 6.10 Å². The highest BCUT2D eigenvalue weighted by Gasteiger charge is 2.68. The Morgan fingerprint density at radius 1 is 1.32 bits per heavy atom. The lowest BCUT2D eigenvalue weighted by atomic mass is 9.97. The molecule has 5 N–H and O–H groups in total. The van der Waals surface area contributed by atoms with Gasteiger partial charge in [-0.1, -0.05) is 30.3 Å². The number of nitrogens with two attached hydrogens (primary N) is 1. The van der Waals surface area contributed by atoms with E-state index < -0.39 is 23.5 Å². The Hall–Kier alpha value is -1.92. The van der Waals surface area contributed by atoms with Gasteiger partial charge < -0.3 is 21.3 Å². The second-order valence-electron chi connectivity index (χ2n) is 4.64. The highest BCUT2D eigenvalue weighted by atomic mass is 16.6. The molecule has 0 aliphatic carbocycles. The third-order valence-electron chi connectivity index (χ3n) is 2.84. The van der Waals surface area contributed by atoms with Crippen molar-refractivity contribution in [3.8, 4) is 0 Å². The van der Waals surface area contributed by atoms with E-state index >= 15 is 0 Å². The monoisotopic (exact) mass is 266 g/mol. The van der Waals surface area contributed by atoms with Crippen molar-refractivity contribution in [1.29, 1.82) is 0 Å². The van der Waals surface area contributed by atoms with E-state index in [0.717, 1.165) is 5.56 Å². The van der Waals surface area contributed by atoms with Gasteiger partial charge in [-0.3, -0.25) is 9.59 Å². The zero-order valence-corrected chi connectivity index (χ0v) is 10.8. The van der Waals surface area contributed by atoms with Crippen LogP contribution in [0.4, 0.5) is 0 Å². The van der Waals surface area contributed by atoms with Crippen LogP contribution in [0.15, 0.2) is 30.3 Å². The normalized spacial score (nSPS) is 24.5. The van der Waals surface area contributed by atoms with Gasteiger partial charge in [-0.15, -0.1) is 0 Å². The summed E-state index contributed by atoms with van der Waals surface area (Å²) in [6.07, 6.45) is -0.588. The first-order valence-corrected chi connectivity index (χ1v) is 5.82. The molecule has 1 heterocycles. The summed E-state index contributed by atoms with van der Waals surface area (Å²) < 4.78 is 5.33. The van der Waals surface area contributed by atoms with E-state index in [9.17, 15) is 9.59 Å². The molecule has 1 aliphatic heterocycles. The number of epoxide rings is 1. The maximum Gasteiger partial charge on any atom is 0.265 e. The first-order valence-electron chi connectivity index (χ1n) is 5.82. The Balaban J connectivity index is 0.00000180. The molecule has 1 aliphatic rings. The van der Waals surface area contributed by atoms with E-state index in [0.29, 0.717) is 0 Å². The van der Waals surface area contributed by atoms with E-state index in [1.165, 1.54) is 0 Å². The van der Waals surface area contributed by atoms with Gasteiger partial charge in [0.15, 0.2) is 0 Å². The number of carbonyl (C=O) groups excluding carboxylic acids is 2. The van der Waals surface area contributed by atoms with E-state index in [2.05, 4.69) is 5.32 Å². The number of rotatable bonds is 4. The topological polar surface area (TPSA) is 116 Å². The number of amides is 2. The number of benzene rings is 1. The molecule has 0 aromatic heterocycles. The fourth-order valence-corrected chi connectivity index (χ4v) is 1.92. The molecule has 1 aromatic rings. The van der Waals surface area contributed by atoms with Crippen LogP contribution < -0.4 is 11.1 Å². The SMILES string of the molecule is CC(C)NC(=O)C1(C(N)=O)OC1c1ccccc1.O. The van der Waals surface area contributed by atoms with Gasteiger partial charge in [0.05, 0.1) is 0 Å². The lowest BCUT2D eigenvalue weighted by Crippen LogP contribution is -2.49. The summed E-state index contributed by atoms with van der Waals surface area (Å²) in [7, 11) is 0. The number of primary amides is 1. The number of carbonyl (C=O) groups is 2. The maximum absolute atomic E-state index is 12.0. The van der Waals surface area contributed by atoms with Crippen molar-refractivity contribution in [1.82, 2.24) is 5.32 Å². The molecule has 2 rings (SSSR count). The van der Waals surface area contributed by atoms with Crippen LogP contribution in [0.5, 0.6) is 0 Å². The minimum atomic E-state index is -1.55. The molecule has 2 amide bonds. The van der Waals surface area contributed by atoms with Gasteiger partial charge in [0.25, 0.3) is 17.4 Å². The summed E-state index contributed by atoms with van der Waals surface area (Å²) in [6.45, 7) is 3.62. The Morgan fingerprint density at radius 2 is 1.89 bits per heavy atom. The minimum Gasteiger partial charge on any atom is -0.412 e. The minimum absolute atomic E-state index is 0. The fourth-order valence-electron chi connectivity index (χ4n) is 1.92. The predicted molar refractivity (Wildman–Crippen MR) is 69.1 cm³/mol. The number of ether oxygens (including phenoxy) is 1. The Bertz CT molecular complexity index is 475. The van der Waals surface area contributed by atoms with Crippen molar-refractivity contribution >= 4 is 11.8 Å². The number of nitrogens with one attached hydrogen (secondary N) is 1. The van der Waals surface area contributed by atoms with Gasteiger partial charge in [0, 0.05) is 6.04 Å². The molecule has 1 saturated heterocycles. The molecular weight excluding hydrogens is 248 g/mol. The van der Waals surface area contributed by atoms with Crippen molar-refractivity contribution in [2.75, 3.05) is 0 Å². The molecule has 19 heavy (non-hydrogen) atoms. The standard InChI is InChI=1S/C13H16N2O3.H2O/c1-8(2)15-12(17)13(11(14)16)10(18-13)9-6-4-3-5-7-9;/h3-8,10H,1-2H3,(H2,14,16)(H,15,17);1H2. The summed E-state index contributed by atoms with van der Waals surface area (Å²) in [5.41, 5.74) is 4.54. The maximum atomic E-state index is 12.0. The summed E-state index contributed by atoms with van der Waals surface area (Å²) in [6, 6.07) is 9.03. The highest BCUT2D eigenvalue weighted by molar-refractivity contribution is 6.11. The molecule has 0 saturated carbocycles. The van der Waals surface area contributed by atoms with Crippen molar-refractivity contribution in [3.05, 3.63) is 35.9 Å². The molecule has 6 nitrogen and oxygen atoms in total. The van der Waals surface area contributed by atoms with Crippen molar-refractivity contribution < 1.29 is 19.8 Å².